The molecule has 0 unspecified atom stereocenters. The predicted octanol–water partition coefficient (Wildman–Crippen LogP) is 0.592. The Bertz CT molecular complexity index is 673. The maximum Gasteiger partial charge on any atom is 0.240 e. The normalized spacial score (nSPS) is 21.3. The molecular weight excluding hydrogens is 295 g/mol. The zero-order valence-electron chi connectivity index (χ0n) is 11.6. The molecule has 21 heavy (non-hydrogen) atoms. The zero-order valence-corrected chi connectivity index (χ0v) is 12.4. The van der Waals surface area contributed by atoms with E-state index in [4.69, 9.17) is 10.5 Å². The summed E-state index contributed by atoms with van der Waals surface area (Å²) in [7, 11) is -2.14. The smallest absolute Gasteiger partial charge is 0.240 e. The Morgan fingerprint density at radius 3 is 2.76 bits per heavy atom. The third kappa shape index (κ3) is 3.80. The van der Waals surface area contributed by atoms with Gasteiger partial charge in [0, 0.05) is 13.2 Å². The molecule has 3 N–H and O–H groups in total. The SMILES string of the molecule is COC1CC(NS(=O)(=O)c2ccc(C#CCN)c(F)c2)C1. The van der Waals surface area contributed by atoms with E-state index in [1.165, 1.54) is 12.1 Å². The lowest BCUT2D eigenvalue weighted by atomic mass is 9.90. The summed E-state index contributed by atoms with van der Waals surface area (Å²) in [5.41, 5.74) is 5.34. The predicted molar refractivity (Wildman–Crippen MR) is 76.5 cm³/mol. The summed E-state index contributed by atoms with van der Waals surface area (Å²) >= 11 is 0. The van der Waals surface area contributed by atoms with Crippen LogP contribution in [0.4, 0.5) is 4.39 Å². The van der Waals surface area contributed by atoms with Gasteiger partial charge in [0.1, 0.15) is 5.82 Å². The van der Waals surface area contributed by atoms with Crippen LogP contribution >= 0.6 is 0 Å². The minimum absolute atomic E-state index is 0.0864. The number of rotatable bonds is 4. The minimum atomic E-state index is -3.73. The van der Waals surface area contributed by atoms with Gasteiger partial charge in [-0.3, -0.25) is 0 Å². The lowest BCUT2D eigenvalue weighted by molar-refractivity contribution is 0.0236. The van der Waals surface area contributed by atoms with Crippen LogP contribution in [0.25, 0.3) is 0 Å². The summed E-state index contributed by atoms with van der Waals surface area (Å²) in [4.78, 5) is -0.112. The Morgan fingerprint density at radius 2 is 2.19 bits per heavy atom. The Kier molecular flexibility index (Phi) is 4.96. The highest BCUT2D eigenvalue weighted by Gasteiger charge is 2.32. The van der Waals surface area contributed by atoms with Crippen molar-refractivity contribution in [2.24, 2.45) is 5.73 Å². The van der Waals surface area contributed by atoms with Gasteiger partial charge in [0.15, 0.2) is 0 Å². The minimum Gasteiger partial charge on any atom is -0.381 e. The van der Waals surface area contributed by atoms with Gasteiger partial charge in [-0.25, -0.2) is 17.5 Å². The Morgan fingerprint density at radius 1 is 1.48 bits per heavy atom. The number of sulfonamides is 1. The summed E-state index contributed by atoms with van der Waals surface area (Å²) in [6.45, 7) is 0.114. The maximum atomic E-state index is 13.8. The van der Waals surface area contributed by atoms with Crippen molar-refractivity contribution in [1.29, 1.82) is 0 Å². The fraction of sp³-hybridized carbons (Fsp3) is 0.429. The third-order valence-electron chi connectivity index (χ3n) is 3.33. The van der Waals surface area contributed by atoms with E-state index in [0.717, 1.165) is 6.07 Å². The van der Waals surface area contributed by atoms with Crippen molar-refractivity contribution in [2.75, 3.05) is 13.7 Å². The van der Waals surface area contributed by atoms with E-state index >= 15 is 0 Å². The fourth-order valence-electron chi connectivity index (χ4n) is 2.05. The third-order valence-corrected chi connectivity index (χ3v) is 4.84. The number of methoxy groups -OCH3 is 1. The molecule has 0 spiro atoms. The lowest BCUT2D eigenvalue weighted by Gasteiger charge is -2.34. The highest BCUT2D eigenvalue weighted by molar-refractivity contribution is 7.89. The van der Waals surface area contributed by atoms with Crippen LogP contribution in [-0.4, -0.2) is 34.2 Å². The molecule has 5 nitrogen and oxygen atoms in total. The van der Waals surface area contributed by atoms with Crippen molar-refractivity contribution < 1.29 is 17.5 Å². The summed E-state index contributed by atoms with van der Waals surface area (Å²) in [5.74, 6) is 4.39. The van der Waals surface area contributed by atoms with E-state index in [9.17, 15) is 12.8 Å². The summed E-state index contributed by atoms with van der Waals surface area (Å²) in [6, 6.07) is 3.47. The molecule has 0 radical (unpaired) electrons. The van der Waals surface area contributed by atoms with Gasteiger partial charge in [-0.15, -0.1) is 0 Å². The fourth-order valence-corrected chi connectivity index (χ4v) is 3.33. The van der Waals surface area contributed by atoms with Crippen molar-refractivity contribution in [3.63, 3.8) is 0 Å². The van der Waals surface area contributed by atoms with Crippen LogP contribution < -0.4 is 10.5 Å². The van der Waals surface area contributed by atoms with Crippen LogP contribution in [0.5, 0.6) is 0 Å². The molecule has 0 aromatic heterocycles. The molecule has 7 heteroatoms. The van der Waals surface area contributed by atoms with Gasteiger partial charge in [-0.1, -0.05) is 11.8 Å². The van der Waals surface area contributed by atoms with Gasteiger partial charge in [-0.05, 0) is 31.0 Å². The molecule has 0 saturated heterocycles. The van der Waals surface area contributed by atoms with Gasteiger partial charge in [0.2, 0.25) is 10.0 Å². The monoisotopic (exact) mass is 312 g/mol. The molecule has 0 bridgehead atoms. The number of hydrogen-bond donors (Lipinski definition) is 2. The Hall–Kier alpha value is -1.46. The first-order valence-electron chi connectivity index (χ1n) is 6.50. The number of ether oxygens (including phenoxy) is 1. The molecule has 114 valence electrons. The topological polar surface area (TPSA) is 81.4 Å². The van der Waals surface area contributed by atoms with Crippen molar-refractivity contribution in [2.45, 2.75) is 29.9 Å². The van der Waals surface area contributed by atoms with Crippen LogP contribution in [0.2, 0.25) is 0 Å². The highest BCUT2D eigenvalue weighted by atomic mass is 32.2. The molecule has 1 aliphatic rings. The number of nitrogens with two attached hydrogens (primary N) is 1. The Balaban J connectivity index is 2.12. The molecule has 2 rings (SSSR count). The number of nitrogens with one attached hydrogen (secondary N) is 1. The first kappa shape index (κ1) is 15.9. The van der Waals surface area contributed by atoms with Gasteiger partial charge in [-0.2, -0.15) is 0 Å². The zero-order chi connectivity index (χ0) is 15.5. The molecule has 1 aliphatic carbocycles. The van der Waals surface area contributed by atoms with Crippen LogP contribution in [0, 0.1) is 17.7 Å². The second kappa shape index (κ2) is 6.54. The quantitative estimate of drug-likeness (QED) is 0.798. The van der Waals surface area contributed by atoms with Crippen molar-refractivity contribution in [3.05, 3.63) is 29.6 Å². The van der Waals surface area contributed by atoms with Crippen LogP contribution in [0.15, 0.2) is 23.1 Å². The van der Waals surface area contributed by atoms with Gasteiger partial charge in [0.05, 0.1) is 23.1 Å². The molecular formula is C14H17FN2O3S. The van der Waals surface area contributed by atoms with Crippen molar-refractivity contribution in [1.82, 2.24) is 4.72 Å². The lowest BCUT2D eigenvalue weighted by Crippen LogP contribution is -2.47. The van der Waals surface area contributed by atoms with Crippen LogP contribution in [0.1, 0.15) is 18.4 Å². The second-order valence-electron chi connectivity index (χ2n) is 4.79. The number of hydrogen-bond acceptors (Lipinski definition) is 4. The molecule has 0 aliphatic heterocycles. The average Bonchev–Trinajstić information content (AvgIpc) is 2.41. The van der Waals surface area contributed by atoms with Crippen molar-refractivity contribution >= 4 is 10.0 Å². The summed E-state index contributed by atoms with van der Waals surface area (Å²) < 4.78 is 45.7. The molecule has 0 atom stereocenters. The van der Waals surface area contributed by atoms with E-state index < -0.39 is 15.8 Å². The summed E-state index contributed by atoms with van der Waals surface area (Å²) in [5, 5.41) is 0. The molecule has 1 aromatic rings. The van der Waals surface area contributed by atoms with Crippen LogP contribution in [0.3, 0.4) is 0 Å². The molecule has 0 amide bonds. The molecule has 1 aromatic carbocycles. The first-order chi connectivity index (χ1) is 9.96. The molecule has 1 fully saturated rings. The Labute approximate surface area is 123 Å². The van der Waals surface area contributed by atoms with E-state index in [1.807, 2.05) is 0 Å². The van der Waals surface area contributed by atoms with Gasteiger partial charge in [0.25, 0.3) is 0 Å². The van der Waals surface area contributed by atoms with E-state index in [2.05, 4.69) is 16.6 Å². The van der Waals surface area contributed by atoms with E-state index in [-0.39, 0.29) is 29.1 Å². The van der Waals surface area contributed by atoms with Crippen molar-refractivity contribution in [3.8, 4) is 11.8 Å². The molecule has 0 heterocycles. The van der Waals surface area contributed by atoms with Crippen LogP contribution in [-0.2, 0) is 14.8 Å². The first-order valence-corrected chi connectivity index (χ1v) is 7.98. The number of halogens is 1. The van der Waals surface area contributed by atoms with Gasteiger partial charge >= 0.3 is 0 Å². The second-order valence-corrected chi connectivity index (χ2v) is 6.51. The number of benzene rings is 1. The van der Waals surface area contributed by atoms with E-state index in [0.29, 0.717) is 12.8 Å². The molecule has 1 saturated carbocycles. The standard InChI is InChI=1S/C14H17FN2O3S/c1-20-12-7-11(8-12)17-21(18,19)13-5-4-10(3-2-6-16)14(15)9-13/h4-5,9,11-12,17H,6-8,16H2,1H3. The average molecular weight is 312 g/mol. The summed E-state index contributed by atoms with van der Waals surface area (Å²) in [6.07, 6.45) is 1.33. The highest BCUT2D eigenvalue weighted by Crippen LogP contribution is 2.24. The largest absolute Gasteiger partial charge is 0.381 e. The maximum absolute atomic E-state index is 13.8. The van der Waals surface area contributed by atoms with Gasteiger partial charge < -0.3 is 10.5 Å². The van der Waals surface area contributed by atoms with E-state index in [1.54, 1.807) is 7.11 Å².